The number of carbonyl (C=O) groups excluding carboxylic acids is 1. The molecule has 3 rings (SSSR count). The second-order valence-corrected chi connectivity index (χ2v) is 8.54. The van der Waals surface area contributed by atoms with Gasteiger partial charge in [0.05, 0.1) is 16.7 Å². The Bertz CT molecular complexity index is 699. The average Bonchev–Trinajstić information content (AvgIpc) is 3.05. The van der Waals surface area contributed by atoms with E-state index < -0.39 is 10.0 Å². The molecular weight excluding hydrogens is 336 g/mol. The molecule has 8 heteroatoms. The molecular formula is C15H20N2O4S2. The van der Waals surface area contributed by atoms with E-state index in [0.717, 1.165) is 23.5 Å². The molecule has 0 radical (unpaired) electrons. The number of carbonyl (C=O) groups is 1. The first-order valence-electron chi connectivity index (χ1n) is 7.63. The second kappa shape index (κ2) is 6.80. The van der Waals surface area contributed by atoms with Crippen LogP contribution < -0.4 is 9.62 Å². The number of ether oxygens (including phenoxy) is 1. The first-order chi connectivity index (χ1) is 11.0. The SMILES string of the molecule is CC(=O)N1CCSc2ccc(S(=O)(=O)NC[C@H]3CCCO3)cc21. The number of rotatable bonds is 4. The smallest absolute Gasteiger partial charge is 0.240 e. The van der Waals surface area contributed by atoms with Crippen LogP contribution in [0.3, 0.4) is 0 Å². The maximum absolute atomic E-state index is 12.5. The van der Waals surface area contributed by atoms with Crippen molar-refractivity contribution in [2.45, 2.75) is 35.7 Å². The molecule has 1 N–H and O–H groups in total. The topological polar surface area (TPSA) is 75.7 Å². The predicted octanol–water partition coefficient (Wildman–Crippen LogP) is 1.60. The molecule has 0 saturated carbocycles. The highest BCUT2D eigenvalue weighted by Crippen LogP contribution is 2.36. The van der Waals surface area contributed by atoms with Gasteiger partial charge in [-0.05, 0) is 31.0 Å². The number of hydrogen-bond acceptors (Lipinski definition) is 5. The van der Waals surface area contributed by atoms with Gasteiger partial charge in [-0.3, -0.25) is 4.79 Å². The fraction of sp³-hybridized carbons (Fsp3) is 0.533. The monoisotopic (exact) mass is 356 g/mol. The summed E-state index contributed by atoms with van der Waals surface area (Å²) in [6.07, 6.45) is 1.80. The van der Waals surface area contributed by atoms with Crippen LogP contribution in [-0.2, 0) is 19.6 Å². The van der Waals surface area contributed by atoms with Crippen molar-refractivity contribution < 1.29 is 17.9 Å². The molecule has 0 aliphatic carbocycles. The maximum Gasteiger partial charge on any atom is 0.240 e. The van der Waals surface area contributed by atoms with E-state index >= 15 is 0 Å². The van der Waals surface area contributed by atoms with Gasteiger partial charge >= 0.3 is 0 Å². The number of nitrogens with zero attached hydrogens (tertiary/aromatic N) is 1. The number of thioether (sulfide) groups is 1. The molecule has 1 aromatic carbocycles. The van der Waals surface area contributed by atoms with Crippen molar-refractivity contribution in [3.05, 3.63) is 18.2 Å². The van der Waals surface area contributed by atoms with Gasteiger partial charge in [0.2, 0.25) is 15.9 Å². The van der Waals surface area contributed by atoms with E-state index in [4.69, 9.17) is 4.74 Å². The van der Waals surface area contributed by atoms with E-state index in [0.29, 0.717) is 18.8 Å². The number of nitrogens with one attached hydrogen (secondary N) is 1. The van der Waals surface area contributed by atoms with E-state index in [2.05, 4.69) is 4.72 Å². The lowest BCUT2D eigenvalue weighted by Gasteiger charge is -2.28. The highest BCUT2D eigenvalue weighted by atomic mass is 32.2. The van der Waals surface area contributed by atoms with Crippen molar-refractivity contribution in [2.24, 2.45) is 0 Å². The summed E-state index contributed by atoms with van der Waals surface area (Å²) >= 11 is 1.63. The maximum atomic E-state index is 12.5. The molecule has 2 heterocycles. The summed E-state index contributed by atoms with van der Waals surface area (Å²) < 4.78 is 33.0. The van der Waals surface area contributed by atoms with Gasteiger partial charge in [0.15, 0.2) is 0 Å². The van der Waals surface area contributed by atoms with E-state index in [9.17, 15) is 13.2 Å². The van der Waals surface area contributed by atoms with Gasteiger partial charge in [-0.25, -0.2) is 13.1 Å². The van der Waals surface area contributed by atoms with Crippen molar-refractivity contribution in [3.63, 3.8) is 0 Å². The Morgan fingerprint density at radius 1 is 1.48 bits per heavy atom. The fourth-order valence-corrected chi connectivity index (χ4v) is 4.84. The average molecular weight is 356 g/mol. The van der Waals surface area contributed by atoms with E-state index in [-0.39, 0.29) is 23.5 Å². The van der Waals surface area contributed by atoms with Gasteiger partial charge in [-0.2, -0.15) is 0 Å². The molecule has 126 valence electrons. The molecule has 1 amide bonds. The third-order valence-electron chi connectivity index (χ3n) is 4.01. The molecule has 1 atom stereocenters. The van der Waals surface area contributed by atoms with Crippen LogP contribution in [0, 0.1) is 0 Å². The van der Waals surface area contributed by atoms with E-state index in [1.807, 2.05) is 0 Å². The van der Waals surface area contributed by atoms with Gasteiger partial charge in [0.25, 0.3) is 0 Å². The van der Waals surface area contributed by atoms with E-state index in [1.165, 1.54) is 6.92 Å². The summed E-state index contributed by atoms with van der Waals surface area (Å²) in [5.74, 6) is 0.740. The Morgan fingerprint density at radius 3 is 3.00 bits per heavy atom. The number of benzene rings is 1. The summed E-state index contributed by atoms with van der Waals surface area (Å²) in [4.78, 5) is 14.5. The van der Waals surface area contributed by atoms with Crippen LogP contribution in [0.15, 0.2) is 28.0 Å². The molecule has 1 saturated heterocycles. The molecule has 0 spiro atoms. The minimum Gasteiger partial charge on any atom is -0.377 e. The lowest BCUT2D eigenvalue weighted by atomic mass is 10.2. The van der Waals surface area contributed by atoms with Crippen molar-refractivity contribution in [1.29, 1.82) is 0 Å². The molecule has 0 aromatic heterocycles. The molecule has 0 unspecified atom stereocenters. The summed E-state index contributed by atoms with van der Waals surface area (Å²) in [6.45, 7) is 3.07. The molecule has 1 fully saturated rings. The summed E-state index contributed by atoms with van der Waals surface area (Å²) in [5.41, 5.74) is 0.675. The van der Waals surface area contributed by atoms with Gasteiger partial charge in [0, 0.05) is 37.3 Å². The van der Waals surface area contributed by atoms with Crippen LogP contribution in [0.5, 0.6) is 0 Å². The van der Waals surface area contributed by atoms with Crippen LogP contribution >= 0.6 is 11.8 Å². The normalized spacial score (nSPS) is 21.3. The third kappa shape index (κ3) is 3.71. The molecule has 2 aliphatic heterocycles. The zero-order valence-corrected chi connectivity index (χ0v) is 14.6. The Hall–Kier alpha value is -1.09. The molecule has 1 aromatic rings. The lowest BCUT2D eigenvalue weighted by molar-refractivity contribution is -0.116. The number of hydrogen-bond donors (Lipinski definition) is 1. The van der Waals surface area contributed by atoms with Crippen molar-refractivity contribution >= 4 is 33.4 Å². The Labute approximate surface area is 140 Å². The van der Waals surface area contributed by atoms with Crippen molar-refractivity contribution in [2.75, 3.05) is 30.3 Å². The quantitative estimate of drug-likeness (QED) is 0.887. The molecule has 0 bridgehead atoms. The number of amides is 1. The van der Waals surface area contributed by atoms with Gasteiger partial charge in [-0.1, -0.05) is 0 Å². The minimum absolute atomic E-state index is 0.0494. The van der Waals surface area contributed by atoms with Gasteiger partial charge < -0.3 is 9.64 Å². The first kappa shape index (κ1) is 16.8. The standard InChI is InChI=1S/C15H20N2O4S2/c1-11(18)17-6-8-22-15-5-4-13(9-14(15)17)23(19,20)16-10-12-3-2-7-21-12/h4-5,9,12,16H,2-3,6-8,10H2,1H3/t12-/m1/s1. The largest absolute Gasteiger partial charge is 0.377 e. The number of sulfonamides is 1. The Kier molecular flexibility index (Phi) is 4.96. The molecule has 23 heavy (non-hydrogen) atoms. The van der Waals surface area contributed by atoms with Crippen LogP contribution in [0.2, 0.25) is 0 Å². The summed E-state index contributed by atoms with van der Waals surface area (Å²) in [5, 5.41) is 0. The van der Waals surface area contributed by atoms with Crippen molar-refractivity contribution in [3.8, 4) is 0 Å². The molecule has 6 nitrogen and oxygen atoms in total. The van der Waals surface area contributed by atoms with Crippen LogP contribution in [0.25, 0.3) is 0 Å². The predicted molar refractivity (Wildman–Crippen MR) is 89.4 cm³/mol. The Balaban J connectivity index is 1.82. The van der Waals surface area contributed by atoms with Crippen LogP contribution in [0.4, 0.5) is 5.69 Å². The zero-order valence-electron chi connectivity index (χ0n) is 12.9. The van der Waals surface area contributed by atoms with Crippen molar-refractivity contribution in [1.82, 2.24) is 4.72 Å². The first-order valence-corrected chi connectivity index (χ1v) is 10.1. The fourth-order valence-electron chi connectivity index (χ4n) is 2.78. The lowest BCUT2D eigenvalue weighted by Crippen LogP contribution is -2.34. The van der Waals surface area contributed by atoms with Crippen LogP contribution in [0.1, 0.15) is 19.8 Å². The highest BCUT2D eigenvalue weighted by Gasteiger charge is 2.25. The second-order valence-electron chi connectivity index (χ2n) is 5.64. The number of fused-ring (bicyclic) bond motifs is 1. The Morgan fingerprint density at radius 2 is 2.30 bits per heavy atom. The highest BCUT2D eigenvalue weighted by molar-refractivity contribution is 7.99. The van der Waals surface area contributed by atoms with Gasteiger partial charge in [0.1, 0.15) is 0 Å². The van der Waals surface area contributed by atoms with Crippen LogP contribution in [-0.4, -0.2) is 45.9 Å². The minimum atomic E-state index is -3.61. The summed E-state index contributed by atoms with van der Waals surface area (Å²) in [6, 6.07) is 4.95. The van der Waals surface area contributed by atoms with E-state index in [1.54, 1.807) is 34.9 Å². The molecule has 2 aliphatic rings. The summed E-state index contributed by atoms with van der Waals surface area (Å²) in [7, 11) is -3.61. The number of anilines is 1. The van der Waals surface area contributed by atoms with Gasteiger partial charge in [-0.15, -0.1) is 11.8 Å². The third-order valence-corrected chi connectivity index (χ3v) is 6.47. The zero-order chi connectivity index (χ0) is 16.4.